The summed E-state index contributed by atoms with van der Waals surface area (Å²) < 4.78 is 17.0. The van der Waals surface area contributed by atoms with Gasteiger partial charge in [0.05, 0.1) is 0 Å². The predicted octanol–water partition coefficient (Wildman–Crippen LogP) is 22.6. The molecular formula is C68H128O6. The molecule has 0 rings (SSSR count). The maximum atomic E-state index is 12.9. The minimum Gasteiger partial charge on any atom is -0.462 e. The Morgan fingerprint density at radius 3 is 0.689 bits per heavy atom. The molecule has 0 spiro atoms. The quantitative estimate of drug-likeness (QED) is 0.0261. The number of esters is 3. The maximum absolute atomic E-state index is 12.9. The zero-order valence-corrected chi connectivity index (χ0v) is 50.1. The van der Waals surface area contributed by atoms with Gasteiger partial charge < -0.3 is 14.2 Å². The number of unbranched alkanes of at least 4 members (excludes halogenated alkanes) is 47. The Labute approximate surface area is 462 Å². The summed E-state index contributed by atoms with van der Waals surface area (Å²) in [7, 11) is 0. The third-order valence-corrected chi connectivity index (χ3v) is 15.2. The predicted molar refractivity (Wildman–Crippen MR) is 321 cm³/mol. The van der Waals surface area contributed by atoms with Gasteiger partial charge in [0.1, 0.15) is 13.2 Å². The molecule has 0 aromatic heterocycles. The number of hydrogen-bond donors (Lipinski definition) is 0. The van der Waals surface area contributed by atoms with Crippen molar-refractivity contribution in [3.8, 4) is 0 Å². The van der Waals surface area contributed by atoms with Gasteiger partial charge in [0.15, 0.2) is 6.10 Å². The molecule has 0 heterocycles. The highest BCUT2D eigenvalue weighted by molar-refractivity contribution is 5.71. The van der Waals surface area contributed by atoms with Gasteiger partial charge in [-0.1, -0.05) is 308 Å². The molecule has 0 aliphatic carbocycles. The van der Waals surface area contributed by atoms with E-state index >= 15 is 0 Å². The third-order valence-electron chi connectivity index (χ3n) is 15.2. The van der Waals surface area contributed by atoms with Crippen LogP contribution in [0.2, 0.25) is 0 Å². The van der Waals surface area contributed by atoms with Gasteiger partial charge in [0.2, 0.25) is 0 Å². The van der Waals surface area contributed by atoms with Crippen LogP contribution in [0.5, 0.6) is 0 Å². The van der Waals surface area contributed by atoms with Crippen LogP contribution < -0.4 is 0 Å². The summed E-state index contributed by atoms with van der Waals surface area (Å²) in [4.78, 5) is 38.3. The van der Waals surface area contributed by atoms with Crippen molar-refractivity contribution in [3.05, 3.63) is 24.3 Å². The summed E-state index contributed by atoms with van der Waals surface area (Å²) in [5.74, 6) is -0.853. The van der Waals surface area contributed by atoms with Crippen LogP contribution in [0.1, 0.15) is 374 Å². The second-order valence-corrected chi connectivity index (χ2v) is 22.7. The van der Waals surface area contributed by atoms with Crippen LogP contribution in [0.15, 0.2) is 24.3 Å². The summed E-state index contributed by atoms with van der Waals surface area (Å²) >= 11 is 0. The van der Waals surface area contributed by atoms with Crippen LogP contribution in [0, 0.1) is 0 Å². The van der Waals surface area contributed by atoms with Crippen molar-refractivity contribution >= 4 is 17.9 Å². The highest BCUT2D eigenvalue weighted by Gasteiger charge is 2.19. The average Bonchev–Trinajstić information content (AvgIpc) is 3.40. The summed E-state index contributed by atoms with van der Waals surface area (Å²) in [6, 6.07) is 0. The first-order valence-corrected chi connectivity index (χ1v) is 33.3. The molecule has 0 N–H and O–H groups in total. The van der Waals surface area contributed by atoms with Crippen LogP contribution in [-0.2, 0) is 28.6 Å². The minimum absolute atomic E-state index is 0.0695. The molecular weight excluding hydrogens is 913 g/mol. The zero-order valence-electron chi connectivity index (χ0n) is 50.1. The van der Waals surface area contributed by atoms with Crippen LogP contribution in [0.4, 0.5) is 0 Å². The number of allylic oxidation sites excluding steroid dienone is 4. The van der Waals surface area contributed by atoms with E-state index in [1.165, 1.54) is 270 Å². The van der Waals surface area contributed by atoms with E-state index in [1.807, 2.05) is 0 Å². The Bertz CT molecular complexity index is 1190. The molecule has 0 saturated heterocycles. The van der Waals surface area contributed by atoms with E-state index in [2.05, 4.69) is 45.1 Å². The van der Waals surface area contributed by atoms with E-state index in [-0.39, 0.29) is 31.1 Å². The fourth-order valence-electron chi connectivity index (χ4n) is 10.1. The van der Waals surface area contributed by atoms with Crippen molar-refractivity contribution < 1.29 is 28.6 Å². The van der Waals surface area contributed by atoms with Gasteiger partial charge in [-0.05, 0) is 70.6 Å². The fourth-order valence-corrected chi connectivity index (χ4v) is 10.1. The lowest BCUT2D eigenvalue weighted by atomic mass is 10.0. The van der Waals surface area contributed by atoms with E-state index in [9.17, 15) is 14.4 Å². The van der Waals surface area contributed by atoms with Gasteiger partial charge >= 0.3 is 17.9 Å². The highest BCUT2D eigenvalue weighted by atomic mass is 16.6. The SMILES string of the molecule is CCCCCC/C=C\CCCCCCCC(=O)OCC(COC(=O)CCCCCCCCCCCCCCCCCCCCCCCC)OC(=O)CCCCCCCCCCC/C=C\CCCCCCCCCC. The van der Waals surface area contributed by atoms with E-state index in [4.69, 9.17) is 14.2 Å². The first kappa shape index (κ1) is 71.9. The summed E-state index contributed by atoms with van der Waals surface area (Å²) in [6.07, 6.45) is 76.2. The second-order valence-electron chi connectivity index (χ2n) is 22.7. The summed E-state index contributed by atoms with van der Waals surface area (Å²) in [6.45, 7) is 6.69. The molecule has 0 radical (unpaired) electrons. The Balaban J connectivity index is 4.26. The molecule has 6 heteroatoms. The second kappa shape index (κ2) is 63.4. The molecule has 0 aliphatic rings. The normalized spacial score (nSPS) is 12.1. The lowest BCUT2D eigenvalue weighted by molar-refractivity contribution is -0.167. The number of ether oxygens (including phenoxy) is 3. The summed E-state index contributed by atoms with van der Waals surface area (Å²) in [5, 5.41) is 0. The van der Waals surface area contributed by atoms with Crippen LogP contribution in [0.25, 0.3) is 0 Å². The Kier molecular flexibility index (Phi) is 61.6. The molecule has 0 amide bonds. The monoisotopic (exact) mass is 1040 g/mol. The zero-order chi connectivity index (χ0) is 53.6. The standard InChI is InChI=1S/C68H128O6/c1-4-7-10-13-16-19-22-25-27-29-31-33-35-36-38-40-43-46-49-52-55-58-61-67(70)73-64-65(63-72-66(69)60-57-54-51-48-45-42-24-21-18-15-12-9-6-3)74-68(71)62-59-56-53-50-47-44-41-39-37-34-32-30-28-26-23-20-17-14-11-8-5-2/h21,24,30,32,65H,4-20,22-23,25-29,31,33-64H2,1-3H3/b24-21-,32-30-. The van der Waals surface area contributed by atoms with Gasteiger partial charge in [-0.25, -0.2) is 0 Å². The van der Waals surface area contributed by atoms with E-state index in [0.717, 1.165) is 64.2 Å². The van der Waals surface area contributed by atoms with Crippen LogP contribution in [-0.4, -0.2) is 37.2 Å². The minimum atomic E-state index is -0.773. The van der Waals surface area contributed by atoms with Crippen molar-refractivity contribution in [2.75, 3.05) is 13.2 Å². The van der Waals surface area contributed by atoms with Gasteiger partial charge in [-0.15, -0.1) is 0 Å². The topological polar surface area (TPSA) is 78.9 Å². The average molecular weight is 1040 g/mol. The molecule has 0 saturated carbocycles. The molecule has 1 atom stereocenters. The van der Waals surface area contributed by atoms with Gasteiger partial charge in [0, 0.05) is 19.3 Å². The molecule has 0 fully saturated rings. The van der Waals surface area contributed by atoms with Crippen molar-refractivity contribution in [2.45, 2.75) is 380 Å². The number of carbonyl (C=O) groups excluding carboxylic acids is 3. The van der Waals surface area contributed by atoms with Crippen LogP contribution >= 0.6 is 0 Å². The Morgan fingerprint density at radius 2 is 0.446 bits per heavy atom. The Morgan fingerprint density at radius 1 is 0.257 bits per heavy atom. The van der Waals surface area contributed by atoms with Crippen molar-refractivity contribution in [2.24, 2.45) is 0 Å². The molecule has 0 aliphatic heterocycles. The molecule has 74 heavy (non-hydrogen) atoms. The molecule has 0 aromatic rings. The third kappa shape index (κ3) is 60.8. The number of carbonyl (C=O) groups is 3. The molecule has 6 nitrogen and oxygen atoms in total. The van der Waals surface area contributed by atoms with E-state index in [1.54, 1.807) is 0 Å². The smallest absolute Gasteiger partial charge is 0.306 e. The lowest BCUT2D eigenvalue weighted by Crippen LogP contribution is -2.30. The molecule has 1 unspecified atom stereocenters. The van der Waals surface area contributed by atoms with Crippen molar-refractivity contribution in [3.63, 3.8) is 0 Å². The van der Waals surface area contributed by atoms with Crippen LogP contribution in [0.3, 0.4) is 0 Å². The van der Waals surface area contributed by atoms with Crippen molar-refractivity contribution in [1.82, 2.24) is 0 Å². The fraction of sp³-hybridized carbons (Fsp3) is 0.897. The number of hydrogen-bond acceptors (Lipinski definition) is 6. The molecule has 0 aromatic carbocycles. The highest BCUT2D eigenvalue weighted by Crippen LogP contribution is 2.18. The largest absolute Gasteiger partial charge is 0.462 e. The van der Waals surface area contributed by atoms with Gasteiger partial charge in [-0.2, -0.15) is 0 Å². The lowest BCUT2D eigenvalue weighted by Gasteiger charge is -2.18. The van der Waals surface area contributed by atoms with Crippen molar-refractivity contribution in [1.29, 1.82) is 0 Å². The molecule has 436 valence electrons. The maximum Gasteiger partial charge on any atom is 0.306 e. The Hall–Kier alpha value is -2.11. The van der Waals surface area contributed by atoms with E-state index in [0.29, 0.717) is 19.3 Å². The van der Waals surface area contributed by atoms with E-state index < -0.39 is 6.10 Å². The number of rotatable bonds is 62. The van der Waals surface area contributed by atoms with Gasteiger partial charge in [0.25, 0.3) is 0 Å². The molecule has 0 bridgehead atoms. The van der Waals surface area contributed by atoms with Gasteiger partial charge in [-0.3, -0.25) is 14.4 Å². The first-order valence-electron chi connectivity index (χ1n) is 33.3. The summed E-state index contributed by atoms with van der Waals surface area (Å²) in [5.41, 5.74) is 0. The first-order chi connectivity index (χ1) is 36.5.